The van der Waals surface area contributed by atoms with E-state index in [9.17, 15) is 18.0 Å². The quantitative estimate of drug-likeness (QED) is 0.595. The van der Waals surface area contributed by atoms with Crippen LogP contribution in [-0.2, 0) is 19.4 Å². The zero-order valence-electron chi connectivity index (χ0n) is 8.85. The Morgan fingerprint density at radius 1 is 1.44 bits per heavy atom. The second-order valence-electron chi connectivity index (χ2n) is 3.51. The number of amides is 1. The fraction of sp³-hybridized carbons (Fsp3) is 0.625. The molecule has 0 aromatic rings. The van der Waals surface area contributed by atoms with Crippen LogP contribution in [0.25, 0.3) is 0 Å². The molecule has 90 valence electrons. The summed E-state index contributed by atoms with van der Waals surface area (Å²) in [6, 6.07) is 1.60. The summed E-state index contributed by atoms with van der Waals surface area (Å²) in [5.74, 6) is -3.37. The SMILES string of the molecule is CC(C)(C(=O)O)S(=O)(=O)CC(=O)NCC#N. The molecule has 0 unspecified atom stereocenters. The van der Waals surface area contributed by atoms with Crippen LogP contribution in [0.2, 0.25) is 0 Å². The molecule has 0 atom stereocenters. The van der Waals surface area contributed by atoms with E-state index in [2.05, 4.69) is 0 Å². The van der Waals surface area contributed by atoms with Crippen LogP contribution in [0.1, 0.15) is 13.8 Å². The molecule has 0 saturated heterocycles. The molecule has 0 bridgehead atoms. The maximum Gasteiger partial charge on any atom is 0.324 e. The summed E-state index contributed by atoms with van der Waals surface area (Å²) in [6.45, 7) is 1.69. The third-order valence-corrected chi connectivity index (χ3v) is 4.35. The Morgan fingerprint density at radius 2 is 1.94 bits per heavy atom. The Bertz CT molecular complexity index is 432. The number of rotatable bonds is 5. The smallest absolute Gasteiger partial charge is 0.324 e. The van der Waals surface area contributed by atoms with E-state index in [-0.39, 0.29) is 6.54 Å². The van der Waals surface area contributed by atoms with Crippen molar-refractivity contribution in [2.24, 2.45) is 0 Å². The molecule has 0 aliphatic heterocycles. The maximum atomic E-state index is 11.5. The van der Waals surface area contributed by atoms with E-state index in [1.54, 1.807) is 6.07 Å². The highest BCUT2D eigenvalue weighted by atomic mass is 32.2. The summed E-state index contributed by atoms with van der Waals surface area (Å²) in [5, 5.41) is 18.9. The summed E-state index contributed by atoms with van der Waals surface area (Å²) in [7, 11) is -4.11. The molecule has 16 heavy (non-hydrogen) atoms. The van der Waals surface area contributed by atoms with Gasteiger partial charge in [0.2, 0.25) is 5.91 Å². The lowest BCUT2D eigenvalue weighted by Gasteiger charge is -2.18. The Balaban J connectivity index is 4.79. The molecular formula is C8H12N2O5S. The highest BCUT2D eigenvalue weighted by Crippen LogP contribution is 2.17. The van der Waals surface area contributed by atoms with Gasteiger partial charge in [-0.15, -0.1) is 0 Å². The van der Waals surface area contributed by atoms with Crippen molar-refractivity contribution in [3.05, 3.63) is 0 Å². The lowest BCUT2D eigenvalue weighted by atomic mass is 10.2. The summed E-state index contributed by atoms with van der Waals surface area (Å²) in [4.78, 5) is 21.8. The van der Waals surface area contributed by atoms with Crippen LogP contribution in [0.15, 0.2) is 0 Å². The lowest BCUT2D eigenvalue weighted by Crippen LogP contribution is -2.45. The number of aliphatic carboxylic acids is 1. The molecule has 0 aromatic carbocycles. The van der Waals surface area contributed by atoms with Crippen LogP contribution < -0.4 is 5.32 Å². The van der Waals surface area contributed by atoms with E-state index in [1.165, 1.54) is 0 Å². The number of carbonyl (C=O) groups excluding carboxylic acids is 1. The normalized spacial score (nSPS) is 11.6. The Morgan fingerprint density at radius 3 is 2.31 bits per heavy atom. The van der Waals surface area contributed by atoms with Crippen molar-refractivity contribution in [3.63, 3.8) is 0 Å². The molecule has 0 aliphatic rings. The molecule has 0 aromatic heterocycles. The van der Waals surface area contributed by atoms with Gasteiger partial charge in [-0.05, 0) is 13.8 Å². The highest BCUT2D eigenvalue weighted by Gasteiger charge is 2.42. The van der Waals surface area contributed by atoms with E-state index in [4.69, 9.17) is 10.4 Å². The highest BCUT2D eigenvalue weighted by molar-refractivity contribution is 7.94. The van der Waals surface area contributed by atoms with Crippen molar-refractivity contribution in [1.29, 1.82) is 5.26 Å². The van der Waals surface area contributed by atoms with Crippen LogP contribution in [0.4, 0.5) is 0 Å². The van der Waals surface area contributed by atoms with Crippen molar-refractivity contribution in [3.8, 4) is 6.07 Å². The number of carboxylic acids is 1. The Labute approximate surface area is 93.0 Å². The van der Waals surface area contributed by atoms with E-state index >= 15 is 0 Å². The maximum absolute atomic E-state index is 11.5. The minimum absolute atomic E-state index is 0.318. The second-order valence-corrected chi connectivity index (χ2v) is 6.05. The first-order valence-corrected chi connectivity index (χ1v) is 5.89. The molecule has 0 heterocycles. The lowest BCUT2D eigenvalue weighted by molar-refractivity contribution is -0.139. The van der Waals surface area contributed by atoms with Gasteiger partial charge in [0.25, 0.3) is 0 Å². The Hall–Kier alpha value is -1.62. The largest absolute Gasteiger partial charge is 0.480 e. The molecule has 0 rings (SSSR count). The van der Waals surface area contributed by atoms with Crippen molar-refractivity contribution >= 4 is 21.7 Å². The van der Waals surface area contributed by atoms with Crippen molar-refractivity contribution in [2.45, 2.75) is 18.6 Å². The average molecular weight is 248 g/mol. The van der Waals surface area contributed by atoms with Gasteiger partial charge in [0.1, 0.15) is 12.3 Å². The van der Waals surface area contributed by atoms with Crippen LogP contribution in [0.5, 0.6) is 0 Å². The van der Waals surface area contributed by atoms with Gasteiger partial charge >= 0.3 is 5.97 Å². The van der Waals surface area contributed by atoms with Gasteiger partial charge in [0, 0.05) is 0 Å². The third-order valence-electron chi connectivity index (χ3n) is 1.98. The predicted molar refractivity (Wildman–Crippen MR) is 54.1 cm³/mol. The van der Waals surface area contributed by atoms with Gasteiger partial charge in [-0.2, -0.15) is 5.26 Å². The second kappa shape index (κ2) is 4.94. The fourth-order valence-electron chi connectivity index (χ4n) is 0.675. The number of nitriles is 1. The molecule has 0 fully saturated rings. The third kappa shape index (κ3) is 3.20. The van der Waals surface area contributed by atoms with Crippen LogP contribution in [-0.4, -0.2) is 42.4 Å². The first kappa shape index (κ1) is 14.4. The number of nitrogens with one attached hydrogen (secondary N) is 1. The van der Waals surface area contributed by atoms with Crippen LogP contribution in [0.3, 0.4) is 0 Å². The molecule has 0 saturated carbocycles. The number of carbonyl (C=O) groups is 2. The first-order chi connectivity index (χ1) is 7.15. The van der Waals surface area contributed by atoms with E-state index in [0.717, 1.165) is 13.8 Å². The number of hydrogen-bond acceptors (Lipinski definition) is 5. The zero-order chi connectivity index (χ0) is 13.0. The van der Waals surface area contributed by atoms with Gasteiger partial charge in [0.05, 0.1) is 6.07 Å². The minimum Gasteiger partial charge on any atom is -0.480 e. The molecule has 8 heteroatoms. The van der Waals surface area contributed by atoms with Crippen molar-refractivity contribution < 1.29 is 23.1 Å². The summed E-state index contributed by atoms with van der Waals surface area (Å²) in [6.07, 6.45) is 0. The molecular weight excluding hydrogens is 236 g/mol. The number of nitrogens with zero attached hydrogens (tertiary/aromatic N) is 1. The van der Waals surface area contributed by atoms with Gasteiger partial charge < -0.3 is 10.4 Å². The molecule has 1 amide bonds. The van der Waals surface area contributed by atoms with Crippen molar-refractivity contribution in [2.75, 3.05) is 12.3 Å². The van der Waals surface area contributed by atoms with Crippen LogP contribution >= 0.6 is 0 Å². The monoisotopic (exact) mass is 248 g/mol. The minimum atomic E-state index is -4.11. The zero-order valence-corrected chi connectivity index (χ0v) is 9.67. The van der Waals surface area contributed by atoms with Gasteiger partial charge in [0.15, 0.2) is 14.6 Å². The van der Waals surface area contributed by atoms with Gasteiger partial charge in [-0.1, -0.05) is 0 Å². The summed E-state index contributed by atoms with van der Waals surface area (Å²) in [5.41, 5.74) is 0. The molecule has 0 radical (unpaired) electrons. The van der Waals surface area contributed by atoms with Crippen LogP contribution in [0, 0.1) is 11.3 Å². The number of sulfone groups is 1. The molecule has 2 N–H and O–H groups in total. The van der Waals surface area contributed by atoms with Gasteiger partial charge in [-0.25, -0.2) is 8.42 Å². The van der Waals surface area contributed by atoms with E-state index < -0.39 is 32.2 Å². The standard InChI is InChI=1S/C8H12N2O5S/c1-8(2,7(12)13)16(14,15)5-6(11)10-4-3-9/h4-5H2,1-2H3,(H,10,11)(H,12,13). The number of hydrogen-bond donors (Lipinski definition) is 2. The summed E-state index contributed by atoms with van der Waals surface area (Å²) < 4.78 is 21.1. The topological polar surface area (TPSA) is 124 Å². The Kier molecular flexibility index (Phi) is 4.44. The number of carboxylic acid groups (broad SMARTS) is 1. The van der Waals surface area contributed by atoms with E-state index in [0.29, 0.717) is 0 Å². The summed E-state index contributed by atoms with van der Waals surface area (Å²) >= 11 is 0. The predicted octanol–water partition coefficient (Wildman–Crippen LogP) is -1.10. The molecule has 0 spiro atoms. The first-order valence-electron chi connectivity index (χ1n) is 4.24. The van der Waals surface area contributed by atoms with Gasteiger partial charge in [-0.3, -0.25) is 9.59 Å². The fourth-order valence-corrected chi connectivity index (χ4v) is 1.75. The average Bonchev–Trinajstić information content (AvgIpc) is 2.13. The molecule has 0 aliphatic carbocycles. The molecule has 7 nitrogen and oxygen atoms in total. The van der Waals surface area contributed by atoms with Crippen molar-refractivity contribution in [1.82, 2.24) is 5.32 Å². The van der Waals surface area contributed by atoms with E-state index in [1.807, 2.05) is 5.32 Å².